The summed E-state index contributed by atoms with van der Waals surface area (Å²) in [6.45, 7) is 3.06. The van der Waals surface area contributed by atoms with Crippen LogP contribution < -0.4 is 5.32 Å². The summed E-state index contributed by atoms with van der Waals surface area (Å²) in [4.78, 5) is 0. The van der Waals surface area contributed by atoms with Crippen LogP contribution in [0.15, 0.2) is 31.9 Å². The normalized spacial score (nSPS) is 12.9. The van der Waals surface area contributed by atoms with Crippen LogP contribution in [0.3, 0.4) is 0 Å². The molecule has 98 valence electrons. The van der Waals surface area contributed by atoms with Gasteiger partial charge in [-0.1, -0.05) is 6.92 Å². The Morgan fingerprint density at radius 3 is 2.72 bits per heavy atom. The van der Waals surface area contributed by atoms with Crippen molar-refractivity contribution >= 4 is 31.9 Å². The second kappa shape index (κ2) is 6.04. The molecule has 2 rings (SSSR count). The van der Waals surface area contributed by atoms with E-state index >= 15 is 0 Å². The molecular weight excluding hydrogens is 362 g/mol. The van der Waals surface area contributed by atoms with E-state index in [4.69, 9.17) is 4.42 Å². The first-order chi connectivity index (χ1) is 8.63. The van der Waals surface area contributed by atoms with Crippen LogP contribution in [0.4, 0.5) is 0 Å². The molecule has 0 fully saturated rings. The maximum atomic E-state index is 5.67. The van der Waals surface area contributed by atoms with Gasteiger partial charge in [-0.25, -0.2) is 0 Å². The SMILES string of the molecule is CCCNC(c1ccc(Br)o1)c1c(Br)cnn1C. The molecule has 6 heteroatoms. The van der Waals surface area contributed by atoms with Gasteiger partial charge in [0.15, 0.2) is 4.67 Å². The molecule has 0 aliphatic rings. The predicted molar refractivity (Wildman–Crippen MR) is 77.5 cm³/mol. The van der Waals surface area contributed by atoms with Crippen LogP contribution in [0.25, 0.3) is 0 Å². The average molecular weight is 377 g/mol. The maximum Gasteiger partial charge on any atom is 0.169 e. The summed E-state index contributed by atoms with van der Waals surface area (Å²) >= 11 is 6.88. The third-order valence-corrected chi connectivity index (χ3v) is 3.73. The van der Waals surface area contributed by atoms with Gasteiger partial charge in [0.1, 0.15) is 11.8 Å². The highest BCUT2D eigenvalue weighted by Crippen LogP contribution is 2.30. The number of aryl methyl sites for hydroxylation is 1. The first-order valence-corrected chi connectivity index (χ1v) is 7.38. The summed E-state index contributed by atoms with van der Waals surface area (Å²) in [5.41, 5.74) is 1.06. The van der Waals surface area contributed by atoms with Gasteiger partial charge < -0.3 is 9.73 Å². The van der Waals surface area contributed by atoms with E-state index < -0.39 is 0 Å². The first kappa shape index (κ1) is 13.8. The molecule has 4 nitrogen and oxygen atoms in total. The minimum Gasteiger partial charge on any atom is -0.452 e. The van der Waals surface area contributed by atoms with Crippen molar-refractivity contribution in [2.75, 3.05) is 6.54 Å². The van der Waals surface area contributed by atoms with Gasteiger partial charge in [-0.15, -0.1) is 0 Å². The van der Waals surface area contributed by atoms with E-state index in [0.29, 0.717) is 0 Å². The van der Waals surface area contributed by atoms with Gasteiger partial charge in [-0.2, -0.15) is 5.10 Å². The molecule has 1 atom stereocenters. The molecule has 0 bridgehead atoms. The zero-order valence-corrected chi connectivity index (χ0v) is 13.5. The van der Waals surface area contributed by atoms with E-state index in [9.17, 15) is 0 Å². The van der Waals surface area contributed by atoms with E-state index in [2.05, 4.69) is 49.2 Å². The lowest BCUT2D eigenvalue weighted by Gasteiger charge is -2.17. The van der Waals surface area contributed by atoms with Crippen LogP contribution in [-0.4, -0.2) is 16.3 Å². The number of rotatable bonds is 5. The molecule has 2 heterocycles. The molecule has 0 saturated carbocycles. The van der Waals surface area contributed by atoms with E-state index in [1.165, 1.54) is 0 Å². The zero-order chi connectivity index (χ0) is 13.1. The summed E-state index contributed by atoms with van der Waals surface area (Å²) in [7, 11) is 1.93. The zero-order valence-electron chi connectivity index (χ0n) is 10.3. The number of aromatic nitrogens is 2. The Kier molecular flexibility index (Phi) is 4.64. The van der Waals surface area contributed by atoms with Crippen molar-refractivity contribution < 1.29 is 4.42 Å². The fourth-order valence-corrected chi connectivity index (χ4v) is 2.75. The fourth-order valence-electron chi connectivity index (χ4n) is 1.85. The number of furan rings is 1. The number of nitrogens with zero attached hydrogens (tertiary/aromatic N) is 2. The smallest absolute Gasteiger partial charge is 0.169 e. The molecule has 0 aliphatic carbocycles. The Hall–Kier alpha value is -0.590. The van der Waals surface area contributed by atoms with Crippen LogP contribution in [0.5, 0.6) is 0 Å². The van der Waals surface area contributed by atoms with Crippen LogP contribution in [-0.2, 0) is 7.05 Å². The van der Waals surface area contributed by atoms with Crippen molar-refractivity contribution in [3.05, 3.63) is 38.9 Å². The van der Waals surface area contributed by atoms with E-state index in [1.807, 2.05) is 23.9 Å². The van der Waals surface area contributed by atoms with Crippen LogP contribution in [0.1, 0.15) is 30.8 Å². The number of hydrogen-bond acceptors (Lipinski definition) is 3. The number of halogens is 2. The van der Waals surface area contributed by atoms with Gasteiger partial charge in [0.25, 0.3) is 0 Å². The maximum absolute atomic E-state index is 5.67. The van der Waals surface area contributed by atoms with Crippen LogP contribution >= 0.6 is 31.9 Å². The third-order valence-electron chi connectivity index (χ3n) is 2.69. The highest BCUT2D eigenvalue weighted by atomic mass is 79.9. The van der Waals surface area contributed by atoms with E-state index in [-0.39, 0.29) is 6.04 Å². The van der Waals surface area contributed by atoms with Gasteiger partial charge in [-0.3, -0.25) is 4.68 Å². The predicted octanol–water partition coefficient (Wildman–Crippen LogP) is 3.63. The van der Waals surface area contributed by atoms with Crippen LogP contribution in [0, 0.1) is 0 Å². The quantitative estimate of drug-likeness (QED) is 0.866. The molecule has 2 aromatic heterocycles. The van der Waals surface area contributed by atoms with Gasteiger partial charge in [-0.05, 0) is 57.0 Å². The van der Waals surface area contributed by atoms with Crippen molar-refractivity contribution in [3.8, 4) is 0 Å². The first-order valence-electron chi connectivity index (χ1n) is 5.79. The molecule has 0 aromatic carbocycles. The molecule has 18 heavy (non-hydrogen) atoms. The monoisotopic (exact) mass is 375 g/mol. The van der Waals surface area contributed by atoms with Gasteiger partial charge in [0.2, 0.25) is 0 Å². The molecular formula is C12H15Br2N3O. The second-order valence-corrected chi connectivity index (χ2v) is 5.67. The summed E-state index contributed by atoms with van der Waals surface area (Å²) in [6, 6.07) is 3.87. The van der Waals surface area contributed by atoms with Crippen LogP contribution in [0.2, 0.25) is 0 Å². The summed E-state index contributed by atoms with van der Waals surface area (Å²) < 4.78 is 9.24. The lowest BCUT2D eigenvalue weighted by atomic mass is 10.1. The molecule has 2 aromatic rings. The van der Waals surface area contributed by atoms with Crippen molar-refractivity contribution in [1.29, 1.82) is 0 Å². The highest BCUT2D eigenvalue weighted by Gasteiger charge is 2.23. The van der Waals surface area contributed by atoms with E-state index in [1.54, 1.807) is 6.20 Å². The molecule has 0 saturated heterocycles. The topological polar surface area (TPSA) is 43.0 Å². The molecule has 1 N–H and O–H groups in total. The molecule has 0 aliphatic heterocycles. The average Bonchev–Trinajstić information content (AvgIpc) is 2.90. The van der Waals surface area contributed by atoms with Crippen molar-refractivity contribution in [2.45, 2.75) is 19.4 Å². The summed E-state index contributed by atoms with van der Waals surface area (Å²) in [5, 5.41) is 7.73. The lowest BCUT2D eigenvalue weighted by Crippen LogP contribution is -2.25. The summed E-state index contributed by atoms with van der Waals surface area (Å²) in [6.07, 6.45) is 2.86. The Balaban J connectivity index is 2.36. The fraction of sp³-hybridized carbons (Fsp3) is 0.417. The van der Waals surface area contributed by atoms with Gasteiger partial charge in [0, 0.05) is 7.05 Å². The minimum absolute atomic E-state index is 0.00174. The Labute approximate surface area is 123 Å². The number of hydrogen-bond donors (Lipinski definition) is 1. The molecule has 0 spiro atoms. The molecule has 1 unspecified atom stereocenters. The lowest BCUT2D eigenvalue weighted by molar-refractivity contribution is 0.419. The van der Waals surface area contributed by atoms with Crippen molar-refractivity contribution in [1.82, 2.24) is 15.1 Å². The summed E-state index contributed by atoms with van der Waals surface area (Å²) in [5.74, 6) is 0.875. The van der Waals surface area contributed by atoms with Gasteiger partial charge >= 0.3 is 0 Å². The van der Waals surface area contributed by atoms with Gasteiger partial charge in [0.05, 0.1) is 16.4 Å². The second-order valence-electron chi connectivity index (χ2n) is 4.03. The third kappa shape index (κ3) is 2.87. The largest absolute Gasteiger partial charge is 0.452 e. The Bertz CT molecular complexity index is 502. The van der Waals surface area contributed by atoms with Crippen molar-refractivity contribution in [2.24, 2.45) is 7.05 Å². The van der Waals surface area contributed by atoms with Crippen molar-refractivity contribution in [3.63, 3.8) is 0 Å². The Morgan fingerprint density at radius 1 is 1.44 bits per heavy atom. The minimum atomic E-state index is -0.00174. The van der Waals surface area contributed by atoms with E-state index in [0.717, 1.165) is 33.6 Å². The molecule has 0 amide bonds. The number of nitrogens with one attached hydrogen (secondary N) is 1. The Morgan fingerprint density at radius 2 is 2.22 bits per heavy atom. The highest BCUT2D eigenvalue weighted by molar-refractivity contribution is 9.10. The standard InChI is InChI=1S/C12H15Br2N3O/c1-3-6-15-11(9-4-5-10(14)18-9)12-8(13)7-16-17(12)2/h4-5,7,11,15H,3,6H2,1-2H3. The molecule has 0 radical (unpaired) electrons.